The minimum absolute atomic E-state index is 0.0581. The number of amides is 2. The lowest BCUT2D eigenvalue weighted by molar-refractivity contribution is -0.114. The molecule has 0 spiro atoms. The molecule has 2 rings (SSSR count). The molecule has 0 saturated heterocycles. The van der Waals surface area contributed by atoms with Gasteiger partial charge in [-0.25, -0.2) is 0 Å². The number of rotatable bonds is 9. The molecule has 0 unspecified atom stereocenters. The fourth-order valence-electron chi connectivity index (χ4n) is 2.29. The number of hydrogen-bond acceptors (Lipinski definition) is 4. The topological polar surface area (TPSA) is 93.4 Å². The van der Waals surface area contributed by atoms with E-state index in [1.54, 1.807) is 24.3 Å². The Morgan fingerprint density at radius 2 is 1.88 bits per heavy atom. The Balaban J connectivity index is 1.88. The van der Waals surface area contributed by atoms with Crippen molar-refractivity contribution >= 4 is 23.2 Å². The lowest BCUT2D eigenvalue weighted by Crippen LogP contribution is -2.24. The molecular weight excluding hydrogens is 330 g/mol. The molecule has 6 heteroatoms. The number of para-hydroxylation sites is 1. The molecule has 2 aromatic carbocycles. The maximum Gasteiger partial charge on any atom is 0.250 e. The Morgan fingerprint density at radius 1 is 1.12 bits per heavy atom. The summed E-state index contributed by atoms with van der Waals surface area (Å²) in [5.74, 6) is 0.489. The molecule has 0 fully saturated rings. The van der Waals surface area contributed by atoms with Crippen molar-refractivity contribution in [2.75, 3.05) is 23.8 Å². The van der Waals surface area contributed by atoms with Crippen LogP contribution in [-0.2, 0) is 4.79 Å². The van der Waals surface area contributed by atoms with Gasteiger partial charge in [0.2, 0.25) is 5.91 Å². The molecule has 0 radical (unpaired) electrons. The van der Waals surface area contributed by atoms with Gasteiger partial charge in [-0.1, -0.05) is 32.0 Å². The predicted octanol–water partition coefficient (Wildman–Crippen LogP) is 3.26. The van der Waals surface area contributed by atoms with Crippen LogP contribution in [0.15, 0.2) is 48.5 Å². The van der Waals surface area contributed by atoms with Crippen molar-refractivity contribution in [2.24, 2.45) is 11.7 Å². The van der Waals surface area contributed by atoms with E-state index < -0.39 is 5.91 Å². The van der Waals surface area contributed by atoms with Crippen molar-refractivity contribution < 1.29 is 14.3 Å². The maximum absolute atomic E-state index is 12.1. The van der Waals surface area contributed by atoms with E-state index in [9.17, 15) is 9.59 Å². The van der Waals surface area contributed by atoms with Gasteiger partial charge >= 0.3 is 0 Å². The summed E-state index contributed by atoms with van der Waals surface area (Å²) in [6, 6.07) is 14.1. The molecule has 0 aliphatic heterocycles. The molecule has 0 aliphatic carbocycles. The molecule has 26 heavy (non-hydrogen) atoms. The van der Waals surface area contributed by atoms with Gasteiger partial charge in [0, 0.05) is 11.8 Å². The molecule has 0 bridgehead atoms. The van der Waals surface area contributed by atoms with Gasteiger partial charge in [-0.3, -0.25) is 9.59 Å². The van der Waals surface area contributed by atoms with E-state index in [2.05, 4.69) is 24.5 Å². The first-order valence-electron chi connectivity index (χ1n) is 8.61. The van der Waals surface area contributed by atoms with Crippen molar-refractivity contribution in [3.63, 3.8) is 0 Å². The number of carbonyl (C=O) groups is 2. The van der Waals surface area contributed by atoms with Crippen molar-refractivity contribution in [3.8, 4) is 5.75 Å². The van der Waals surface area contributed by atoms with Crippen LogP contribution in [0.25, 0.3) is 0 Å². The van der Waals surface area contributed by atoms with Crippen molar-refractivity contribution in [1.29, 1.82) is 0 Å². The zero-order valence-corrected chi connectivity index (χ0v) is 15.1. The fourth-order valence-corrected chi connectivity index (χ4v) is 2.29. The van der Waals surface area contributed by atoms with Gasteiger partial charge in [0.05, 0.1) is 24.4 Å². The number of carbonyl (C=O) groups excluding carboxylic acids is 2. The highest BCUT2D eigenvalue weighted by atomic mass is 16.5. The van der Waals surface area contributed by atoms with E-state index in [0.29, 0.717) is 18.2 Å². The Bertz CT molecular complexity index is 759. The largest absolute Gasteiger partial charge is 0.494 e. The Morgan fingerprint density at radius 3 is 2.62 bits per heavy atom. The monoisotopic (exact) mass is 355 g/mol. The Labute approximate surface area is 153 Å². The standard InChI is InChI=1S/C20H25N3O3/c1-14(2)10-11-26-16-7-5-6-15(12-16)22-13-19(24)23-18-9-4-3-8-17(18)20(21)25/h3-9,12,14,22H,10-11,13H2,1-2H3,(H2,21,25)(H,23,24). The third-order valence-electron chi connectivity index (χ3n) is 3.72. The first-order valence-corrected chi connectivity index (χ1v) is 8.61. The van der Waals surface area contributed by atoms with Gasteiger partial charge < -0.3 is 21.1 Å². The maximum atomic E-state index is 12.1. The summed E-state index contributed by atoms with van der Waals surface area (Å²) in [6.07, 6.45) is 0.985. The van der Waals surface area contributed by atoms with Crippen LogP contribution in [0.3, 0.4) is 0 Å². The average Bonchev–Trinajstić information content (AvgIpc) is 2.60. The summed E-state index contributed by atoms with van der Waals surface area (Å²) in [6.45, 7) is 5.01. The molecule has 6 nitrogen and oxygen atoms in total. The predicted molar refractivity (Wildman–Crippen MR) is 103 cm³/mol. The summed E-state index contributed by atoms with van der Waals surface area (Å²) in [5, 5.41) is 5.73. The third kappa shape index (κ3) is 6.12. The van der Waals surface area contributed by atoms with Crippen LogP contribution in [0.2, 0.25) is 0 Å². The average molecular weight is 355 g/mol. The summed E-state index contributed by atoms with van der Waals surface area (Å²) < 4.78 is 5.71. The summed E-state index contributed by atoms with van der Waals surface area (Å²) in [7, 11) is 0. The van der Waals surface area contributed by atoms with Gasteiger partial charge in [-0.2, -0.15) is 0 Å². The summed E-state index contributed by atoms with van der Waals surface area (Å²) in [5.41, 5.74) is 6.77. The zero-order chi connectivity index (χ0) is 18.9. The number of ether oxygens (including phenoxy) is 1. The minimum atomic E-state index is -0.583. The lowest BCUT2D eigenvalue weighted by Gasteiger charge is -2.12. The Kier molecular flexibility index (Phi) is 7.02. The van der Waals surface area contributed by atoms with Gasteiger partial charge in [0.25, 0.3) is 5.91 Å². The first-order chi connectivity index (χ1) is 12.5. The van der Waals surface area contributed by atoms with Gasteiger partial charge in [0.15, 0.2) is 0 Å². The van der Waals surface area contributed by atoms with Crippen LogP contribution < -0.4 is 21.1 Å². The highest BCUT2D eigenvalue weighted by Gasteiger charge is 2.10. The number of anilines is 2. The molecule has 0 atom stereocenters. The Hall–Kier alpha value is -3.02. The van der Waals surface area contributed by atoms with E-state index >= 15 is 0 Å². The van der Waals surface area contributed by atoms with Gasteiger partial charge in [0.1, 0.15) is 5.75 Å². The van der Waals surface area contributed by atoms with Crippen molar-refractivity contribution in [1.82, 2.24) is 0 Å². The second-order valence-corrected chi connectivity index (χ2v) is 6.37. The molecule has 138 valence electrons. The second-order valence-electron chi connectivity index (χ2n) is 6.37. The fraction of sp³-hybridized carbons (Fsp3) is 0.300. The number of primary amides is 1. The van der Waals surface area contributed by atoms with Crippen LogP contribution in [0, 0.1) is 5.92 Å². The smallest absolute Gasteiger partial charge is 0.250 e. The second kappa shape index (κ2) is 9.46. The molecule has 4 N–H and O–H groups in total. The number of hydrogen-bond donors (Lipinski definition) is 3. The summed E-state index contributed by atoms with van der Waals surface area (Å²) in [4.78, 5) is 23.5. The number of nitrogens with two attached hydrogens (primary N) is 1. The lowest BCUT2D eigenvalue weighted by atomic mass is 10.1. The number of nitrogens with one attached hydrogen (secondary N) is 2. The first kappa shape index (κ1) is 19.3. The molecule has 0 heterocycles. The van der Waals surface area contributed by atoms with E-state index in [0.717, 1.165) is 17.9 Å². The molecular formula is C20H25N3O3. The highest BCUT2D eigenvalue weighted by Crippen LogP contribution is 2.18. The molecule has 2 aromatic rings. The van der Waals surface area contributed by atoms with Crippen LogP contribution in [0.1, 0.15) is 30.6 Å². The normalized spacial score (nSPS) is 10.4. The van der Waals surface area contributed by atoms with E-state index in [-0.39, 0.29) is 18.0 Å². The van der Waals surface area contributed by atoms with Gasteiger partial charge in [-0.15, -0.1) is 0 Å². The van der Waals surface area contributed by atoms with E-state index in [1.165, 1.54) is 0 Å². The molecule has 0 aliphatic rings. The highest BCUT2D eigenvalue weighted by molar-refractivity contribution is 6.03. The van der Waals surface area contributed by atoms with E-state index in [4.69, 9.17) is 10.5 Å². The minimum Gasteiger partial charge on any atom is -0.494 e. The van der Waals surface area contributed by atoms with Crippen molar-refractivity contribution in [2.45, 2.75) is 20.3 Å². The third-order valence-corrected chi connectivity index (χ3v) is 3.72. The van der Waals surface area contributed by atoms with Gasteiger partial charge in [-0.05, 0) is 36.6 Å². The molecule has 0 aromatic heterocycles. The van der Waals surface area contributed by atoms with E-state index in [1.807, 2.05) is 24.3 Å². The zero-order valence-electron chi connectivity index (χ0n) is 15.1. The SMILES string of the molecule is CC(C)CCOc1cccc(NCC(=O)Nc2ccccc2C(N)=O)c1. The summed E-state index contributed by atoms with van der Waals surface area (Å²) >= 11 is 0. The molecule has 2 amide bonds. The number of benzene rings is 2. The van der Waals surface area contributed by atoms with Crippen LogP contribution >= 0.6 is 0 Å². The van der Waals surface area contributed by atoms with Crippen LogP contribution in [0.5, 0.6) is 5.75 Å². The van der Waals surface area contributed by atoms with Crippen molar-refractivity contribution in [3.05, 3.63) is 54.1 Å². The van der Waals surface area contributed by atoms with Crippen LogP contribution in [-0.4, -0.2) is 25.0 Å². The molecule has 0 saturated carbocycles. The van der Waals surface area contributed by atoms with Crippen LogP contribution in [0.4, 0.5) is 11.4 Å². The quantitative estimate of drug-likeness (QED) is 0.643.